The van der Waals surface area contributed by atoms with Gasteiger partial charge < -0.3 is 10.1 Å². The van der Waals surface area contributed by atoms with Gasteiger partial charge in [0.05, 0.1) is 6.54 Å². The summed E-state index contributed by atoms with van der Waals surface area (Å²) in [6.07, 6.45) is 1.29. The Morgan fingerprint density at radius 3 is 2.81 bits per heavy atom. The number of ether oxygens (including phenoxy) is 1. The van der Waals surface area contributed by atoms with Crippen LogP contribution in [0.25, 0.3) is 5.69 Å². The van der Waals surface area contributed by atoms with Crippen LogP contribution in [0.4, 0.5) is 0 Å². The van der Waals surface area contributed by atoms with Gasteiger partial charge in [-0.15, -0.1) is 5.10 Å². The molecule has 3 heterocycles. The van der Waals surface area contributed by atoms with E-state index < -0.39 is 11.9 Å². The Kier molecular flexibility index (Phi) is 5.00. The fourth-order valence-corrected chi connectivity index (χ4v) is 3.82. The Hall–Kier alpha value is -3.50. The summed E-state index contributed by atoms with van der Waals surface area (Å²) in [6, 6.07) is 11.9. The maximum Gasteiger partial charge on any atom is 0.289 e. The number of hydrogen-bond acceptors (Lipinski definition) is 7. The molecule has 5 rings (SSSR count). The van der Waals surface area contributed by atoms with Gasteiger partial charge in [0, 0.05) is 15.6 Å². The summed E-state index contributed by atoms with van der Waals surface area (Å²) < 4.78 is 8.83. The van der Waals surface area contributed by atoms with Gasteiger partial charge in [-0.2, -0.15) is 9.78 Å². The summed E-state index contributed by atoms with van der Waals surface area (Å²) in [5, 5.41) is 19.8. The highest BCUT2D eigenvalue weighted by Crippen LogP contribution is 2.29. The lowest BCUT2D eigenvalue weighted by Gasteiger charge is -2.15. The quantitative estimate of drug-likeness (QED) is 0.501. The van der Waals surface area contributed by atoms with Gasteiger partial charge in [-0.1, -0.05) is 41.4 Å². The average Bonchev–Trinajstić information content (AvgIpc) is 3.41. The number of para-hydroxylation sites is 2. The fraction of sp³-hybridized carbons (Fsp3) is 0.158. The first-order chi connectivity index (χ1) is 15.1. The van der Waals surface area contributed by atoms with Crippen LogP contribution in [0.1, 0.15) is 28.0 Å². The normalized spacial score (nSPS) is 14.8. The molecule has 0 saturated carbocycles. The fourth-order valence-electron chi connectivity index (χ4n) is 3.30. The molecular formula is C19H14Cl2N8O2. The molecule has 0 saturated heterocycles. The second-order valence-electron chi connectivity index (χ2n) is 6.70. The highest BCUT2D eigenvalue weighted by atomic mass is 35.5. The molecule has 1 aliphatic rings. The zero-order valence-electron chi connectivity index (χ0n) is 15.8. The Morgan fingerprint density at radius 1 is 1.16 bits per heavy atom. The van der Waals surface area contributed by atoms with Gasteiger partial charge in [-0.3, -0.25) is 4.79 Å². The first kappa shape index (κ1) is 19.5. The minimum Gasteiger partial charge on any atom is -0.489 e. The number of amides is 1. The molecule has 1 atom stereocenters. The number of nitrogens with zero attached hydrogens (tertiary/aromatic N) is 7. The van der Waals surface area contributed by atoms with Crippen molar-refractivity contribution in [3.63, 3.8) is 0 Å². The van der Waals surface area contributed by atoms with Crippen molar-refractivity contribution in [3.8, 4) is 11.4 Å². The van der Waals surface area contributed by atoms with Crippen LogP contribution in [0.2, 0.25) is 10.0 Å². The maximum atomic E-state index is 13.0. The van der Waals surface area contributed by atoms with Crippen LogP contribution in [-0.4, -0.2) is 47.5 Å². The number of benzene rings is 2. The van der Waals surface area contributed by atoms with Crippen LogP contribution < -0.4 is 10.1 Å². The van der Waals surface area contributed by atoms with Gasteiger partial charge in [0.1, 0.15) is 30.4 Å². The Morgan fingerprint density at radius 2 is 1.97 bits per heavy atom. The predicted octanol–water partition coefficient (Wildman–Crippen LogP) is 2.47. The van der Waals surface area contributed by atoms with Crippen LogP contribution in [0.3, 0.4) is 0 Å². The van der Waals surface area contributed by atoms with E-state index in [1.54, 1.807) is 22.9 Å². The monoisotopic (exact) mass is 456 g/mol. The van der Waals surface area contributed by atoms with Crippen LogP contribution in [0.15, 0.2) is 48.8 Å². The van der Waals surface area contributed by atoms with E-state index in [2.05, 4.69) is 30.9 Å². The molecule has 2 aromatic carbocycles. The first-order valence-corrected chi connectivity index (χ1v) is 9.99. The molecule has 0 aliphatic carbocycles. The molecule has 0 fully saturated rings. The second kappa shape index (κ2) is 7.97. The lowest BCUT2D eigenvalue weighted by atomic mass is 10.2. The summed E-state index contributed by atoms with van der Waals surface area (Å²) in [6.45, 7) is 0.333. The Labute approximate surface area is 185 Å². The molecule has 31 heavy (non-hydrogen) atoms. The molecule has 2 aromatic heterocycles. The smallest absolute Gasteiger partial charge is 0.289 e. The van der Waals surface area contributed by atoms with Gasteiger partial charge in [-0.25, -0.2) is 9.67 Å². The number of aromatic nitrogens is 7. The lowest BCUT2D eigenvalue weighted by Crippen LogP contribution is -2.35. The number of fused-ring (bicyclic) bond motifs is 3. The molecular weight excluding hydrogens is 443 g/mol. The van der Waals surface area contributed by atoms with Crippen LogP contribution in [-0.2, 0) is 6.54 Å². The van der Waals surface area contributed by atoms with Crippen LogP contribution in [0, 0.1) is 0 Å². The Balaban J connectivity index is 1.41. The molecule has 156 valence electrons. The summed E-state index contributed by atoms with van der Waals surface area (Å²) in [4.78, 5) is 17.1. The van der Waals surface area contributed by atoms with E-state index in [-0.39, 0.29) is 19.0 Å². The maximum absolute atomic E-state index is 13.0. The van der Waals surface area contributed by atoms with Crippen molar-refractivity contribution in [2.75, 3.05) is 6.61 Å². The third-order valence-electron chi connectivity index (χ3n) is 4.80. The van der Waals surface area contributed by atoms with Crippen LogP contribution in [0.5, 0.6) is 5.75 Å². The SMILES string of the molecule is O=C(N[C@H]1COc2ccccc2-n2nnnc21)c1ncnn1Cc1c(Cl)cccc1Cl. The van der Waals surface area contributed by atoms with E-state index in [4.69, 9.17) is 27.9 Å². The largest absolute Gasteiger partial charge is 0.489 e. The topological polar surface area (TPSA) is 113 Å². The number of halogens is 2. The first-order valence-electron chi connectivity index (χ1n) is 9.24. The van der Waals surface area contributed by atoms with E-state index in [0.717, 1.165) is 0 Å². The molecule has 0 radical (unpaired) electrons. The highest BCUT2D eigenvalue weighted by Gasteiger charge is 2.29. The third-order valence-corrected chi connectivity index (χ3v) is 5.51. The molecule has 0 bridgehead atoms. The van der Waals surface area contributed by atoms with Crippen molar-refractivity contribution >= 4 is 29.1 Å². The van der Waals surface area contributed by atoms with Gasteiger partial charge in [0.2, 0.25) is 5.82 Å². The van der Waals surface area contributed by atoms with E-state index in [1.165, 1.54) is 11.0 Å². The van der Waals surface area contributed by atoms with Crippen molar-refractivity contribution in [3.05, 3.63) is 76.0 Å². The standard InChI is InChI=1S/C19H14Cl2N8O2/c20-12-4-3-5-13(21)11(12)8-28-18(22-10-23-28)19(30)24-14-9-31-16-7-2-1-6-15(16)29-17(14)25-26-27-29/h1-7,10,14H,8-9H2,(H,24,30)/t14-/m0/s1. The predicted molar refractivity (Wildman–Crippen MR) is 110 cm³/mol. The number of rotatable bonds is 4. The van der Waals surface area contributed by atoms with E-state index >= 15 is 0 Å². The number of hydrogen-bond donors (Lipinski definition) is 1. The summed E-state index contributed by atoms with van der Waals surface area (Å²) in [5.41, 5.74) is 1.33. The zero-order valence-corrected chi connectivity index (χ0v) is 17.3. The molecule has 4 aromatic rings. The van der Waals surface area contributed by atoms with Gasteiger partial charge in [0.25, 0.3) is 5.91 Å². The number of carbonyl (C=O) groups is 1. The molecule has 12 heteroatoms. The van der Waals surface area contributed by atoms with Crippen LogP contribution >= 0.6 is 23.2 Å². The average molecular weight is 457 g/mol. The van der Waals surface area contributed by atoms with Crippen molar-refractivity contribution in [1.82, 2.24) is 40.3 Å². The number of carbonyl (C=O) groups excluding carboxylic acids is 1. The second-order valence-corrected chi connectivity index (χ2v) is 7.51. The van der Waals surface area contributed by atoms with Crippen molar-refractivity contribution in [2.24, 2.45) is 0 Å². The van der Waals surface area contributed by atoms with Crippen molar-refractivity contribution in [1.29, 1.82) is 0 Å². The summed E-state index contributed by atoms with van der Waals surface area (Å²) in [5.74, 6) is 0.689. The molecule has 1 amide bonds. The Bertz CT molecular complexity index is 1250. The van der Waals surface area contributed by atoms with E-state index in [9.17, 15) is 4.79 Å². The van der Waals surface area contributed by atoms with Crippen molar-refractivity contribution in [2.45, 2.75) is 12.6 Å². The van der Waals surface area contributed by atoms with Gasteiger partial charge in [0.15, 0.2) is 5.82 Å². The van der Waals surface area contributed by atoms with E-state index in [0.29, 0.717) is 32.9 Å². The molecule has 1 aliphatic heterocycles. The molecule has 10 nitrogen and oxygen atoms in total. The lowest BCUT2D eigenvalue weighted by molar-refractivity contribution is 0.0904. The summed E-state index contributed by atoms with van der Waals surface area (Å²) >= 11 is 12.5. The number of nitrogens with one attached hydrogen (secondary N) is 1. The third kappa shape index (κ3) is 3.60. The number of tetrazole rings is 1. The van der Waals surface area contributed by atoms with Gasteiger partial charge >= 0.3 is 0 Å². The summed E-state index contributed by atoms with van der Waals surface area (Å²) in [7, 11) is 0. The molecule has 1 N–H and O–H groups in total. The minimum atomic E-state index is -0.607. The highest BCUT2D eigenvalue weighted by molar-refractivity contribution is 6.36. The minimum absolute atomic E-state index is 0.0942. The van der Waals surface area contributed by atoms with Gasteiger partial charge in [-0.05, 0) is 34.7 Å². The molecule has 0 unspecified atom stereocenters. The van der Waals surface area contributed by atoms with E-state index in [1.807, 2.05) is 24.3 Å². The zero-order chi connectivity index (χ0) is 21.4. The molecule has 0 spiro atoms. The van der Waals surface area contributed by atoms with Crippen molar-refractivity contribution < 1.29 is 9.53 Å².